The molecule has 0 aliphatic rings. The van der Waals surface area contributed by atoms with Gasteiger partial charge in [0.25, 0.3) is 5.91 Å². The molecule has 0 aliphatic heterocycles. The number of nitrogens with one attached hydrogen (secondary N) is 1. The Morgan fingerprint density at radius 2 is 2.00 bits per heavy atom. The van der Waals surface area contributed by atoms with E-state index in [0.717, 1.165) is 11.8 Å². The predicted octanol–water partition coefficient (Wildman–Crippen LogP) is 3.83. The minimum atomic E-state index is -3.53. The van der Waals surface area contributed by atoms with Crippen LogP contribution in [-0.4, -0.2) is 30.8 Å². The lowest BCUT2D eigenvalue weighted by Crippen LogP contribution is -2.13. The molecule has 0 spiro atoms. The molecule has 0 unspecified atom stereocenters. The lowest BCUT2D eigenvalue weighted by Gasteiger charge is -2.09. The van der Waals surface area contributed by atoms with E-state index in [1.807, 2.05) is 36.4 Å². The molecule has 0 saturated heterocycles. The molecule has 3 aromatic rings. The number of benzene rings is 2. The second-order valence-corrected chi connectivity index (χ2v) is 10.3. The number of nitrogens with zero attached hydrogens (tertiary/aromatic N) is 3. The number of nitriles is 1. The molecule has 0 bridgehead atoms. The molecule has 8 nitrogen and oxygen atoms in total. The molecule has 0 atom stereocenters. The van der Waals surface area contributed by atoms with Crippen LogP contribution in [0.25, 0.3) is 6.08 Å². The molecule has 0 aliphatic carbocycles. The Kier molecular flexibility index (Phi) is 7.17. The van der Waals surface area contributed by atoms with Crippen molar-refractivity contribution in [2.24, 2.45) is 0 Å². The van der Waals surface area contributed by atoms with Gasteiger partial charge in [-0.1, -0.05) is 47.7 Å². The summed E-state index contributed by atoms with van der Waals surface area (Å²) in [5.74, 6) is -0.106. The van der Waals surface area contributed by atoms with Gasteiger partial charge in [0.05, 0.1) is 4.47 Å². The molecule has 11 heteroatoms. The van der Waals surface area contributed by atoms with E-state index in [4.69, 9.17) is 4.74 Å². The van der Waals surface area contributed by atoms with Crippen LogP contribution >= 0.6 is 27.3 Å². The summed E-state index contributed by atoms with van der Waals surface area (Å²) in [5, 5.41) is 18.9. The molecule has 1 N–H and O–H groups in total. The molecular formula is C20H15BrN4O4S2. The van der Waals surface area contributed by atoms with E-state index >= 15 is 0 Å². The Balaban J connectivity index is 1.71. The van der Waals surface area contributed by atoms with Gasteiger partial charge in [-0.05, 0) is 45.3 Å². The van der Waals surface area contributed by atoms with Gasteiger partial charge in [-0.3, -0.25) is 10.1 Å². The highest BCUT2D eigenvalue weighted by atomic mass is 79.9. The van der Waals surface area contributed by atoms with Crippen molar-refractivity contribution in [1.29, 1.82) is 5.26 Å². The first-order valence-corrected chi connectivity index (χ1v) is 12.2. The van der Waals surface area contributed by atoms with E-state index in [1.54, 1.807) is 18.2 Å². The van der Waals surface area contributed by atoms with E-state index in [1.165, 1.54) is 6.08 Å². The third-order valence-electron chi connectivity index (χ3n) is 3.81. The third-order valence-corrected chi connectivity index (χ3v) is 6.94. The maximum Gasteiger partial charge on any atom is 0.268 e. The van der Waals surface area contributed by atoms with Gasteiger partial charge < -0.3 is 4.74 Å². The molecular weight excluding hydrogens is 504 g/mol. The number of rotatable bonds is 7. The molecule has 1 heterocycles. The largest absolute Gasteiger partial charge is 0.488 e. The molecule has 2 aromatic carbocycles. The van der Waals surface area contributed by atoms with Crippen LogP contribution in [0.4, 0.5) is 5.13 Å². The summed E-state index contributed by atoms with van der Waals surface area (Å²) < 4.78 is 29.2. The van der Waals surface area contributed by atoms with Crippen molar-refractivity contribution in [3.63, 3.8) is 0 Å². The van der Waals surface area contributed by atoms with Crippen molar-refractivity contribution >= 4 is 54.2 Å². The number of hydrogen-bond acceptors (Lipinski definition) is 8. The van der Waals surface area contributed by atoms with Crippen LogP contribution in [0, 0.1) is 11.3 Å². The molecule has 0 fully saturated rings. The Bertz CT molecular complexity index is 1280. The second kappa shape index (κ2) is 9.82. The highest BCUT2D eigenvalue weighted by molar-refractivity contribution is 9.10. The maximum absolute atomic E-state index is 12.4. The predicted molar refractivity (Wildman–Crippen MR) is 120 cm³/mol. The first-order valence-electron chi connectivity index (χ1n) is 8.69. The zero-order valence-electron chi connectivity index (χ0n) is 16.1. The molecule has 3 rings (SSSR count). The minimum Gasteiger partial charge on any atom is -0.488 e. The van der Waals surface area contributed by atoms with Crippen molar-refractivity contribution in [1.82, 2.24) is 10.2 Å². The first kappa shape index (κ1) is 22.6. The summed E-state index contributed by atoms with van der Waals surface area (Å²) in [4.78, 5) is 12.4. The SMILES string of the molecule is CS(=O)(=O)c1nnc(NC(=O)C(C#N)=Cc2ccc(OCc3ccccc3)c(Br)c2)s1. The number of carbonyl (C=O) groups is 1. The number of ether oxygens (including phenoxy) is 1. The van der Waals surface area contributed by atoms with Gasteiger partial charge >= 0.3 is 0 Å². The Morgan fingerprint density at radius 1 is 1.26 bits per heavy atom. The normalized spacial score (nSPS) is 11.6. The van der Waals surface area contributed by atoms with E-state index in [0.29, 0.717) is 33.7 Å². The number of hydrogen-bond donors (Lipinski definition) is 1. The number of aromatic nitrogens is 2. The lowest BCUT2D eigenvalue weighted by molar-refractivity contribution is -0.112. The van der Waals surface area contributed by atoms with Crippen LogP contribution in [0.5, 0.6) is 5.75 Å². The van der Waals surface area contributed by atoms with Gasteiger partial charge in [-0.2, -0.15) is 5.26 Å². The van der Waals surface area contributed by atoms with Crippen molar-refractivity contribution in [2.75, 3.05) is 11.6 Å². The van der Waals surface area contributed by atoms with Crippen LogP contribution in [0.15, 0.2) is 62.9 Å². The summed E-state index contributed by atoms with van der Waals surface area (Å²) in [5.41, 5.74) is 1.44. The molecule has 31 heavy (non-hydrogen) atoms. The Labute approximate surface area is 191 Å². The molecule has 1 aromatic heterocycles. The fourth-order valence-corrected chi connectivity index (χ4v) is 4.36. The van der Waals surface area contributed by atoms with Crippen LogP contribution in [-0.2, 0) is 21.2 Å². The van der Waals surface area contributed by atoms with Crippen molar-refractivity contribution in [3.8, 4) is 11.8 Å². The fraction of sp³-hybridized carbons (Fsp3) is 0.100. The molecule has 158 valence electrons. The summed E-state index contributed by atoms with van der Waals surface area (Å²) in [6.07, 6.45) is 2.39. The third kappa shape index (κ3) is 6.21. The van der Waals surface area contributed by atoms with Gasteiger partial charge in [0.2, 0.25) is 19.3 Å². The smallest absolute Gasteiger partial charge is 0.268 e. The minimum absolute atomic E-state index is 0.0163. The van der Waals surface area contributed by atoms with Crippen molar-refractivity contribution in [2.45, 2.75) is 10.9 Å². The quantitative estimate of drug-likeness (QED) is 0.286. The van der Waals surface area contributed by atoms with Crippen molar-refractivity contribution in [3.05, 3.63) is 69.7 Å². The highest BCUT2D eigenvalue weighted by Gasteiger charge is 2.17. The number of amides is 1. The topological polar surface area (TPSA) is 122 Å². The summed E-state index contributed by atoms with van der Waals surface area (Å²) in [7, 11) is -3.53. The molecule has 0 saturated carbocycles. The van der Waals surface area contributed by atoms with E-state index < -0.39 is 15.7 Å². The lowest BCUT2D eigenvalue weighted by atomic mass is 10.1. The standard InChI is InChI=1S/C20H15BrN4O4S2/c1-31(27,28)20-25-24-19(30-20)23-18(26)15(11-22)9-14-7-8-17(16(21)10-14)29-12-13-5-3-2-4-6-13/h2-10H,12H2,1H3,(H,23,24,26). The van der Waals surface area contributed by atoms with Gasteiger partial charge in [0.1, 0.15) is 24.0 Å². The van der Waals surface area contributed by atoms with E-state index in [-0.39, 0.29) is 15.0 Å². The maximum atomic E-state index is 12.4. The Hall–Kier alpha value is -3.07. The zero-order valence-corrected chi connectivity index (χ0v) is 19.3. The van der Waals surface area contributed by atoms with Crippen LogP contribution < -0.4 is 10.1 Å². The number of sulfone groups is 1. The highest BCUT2D eigenvalue weighted by Crippen LogP contribution is 2.28. The number of halogens is 1. The molecule has 1 amide bonds. The van der Waals surface area contributed by atoms with Crippen LogP contribution in [0.2, 0.25) is 0 Å². The van der Waals surface area contributed by atoms with Gasteiger partial charge in [-0.15, -0.1) is 10.2 Å². The first-order chi connectivity index (χ1) is 14.8. The van der Waals surface area contributed by atoms with Gasteiger partial charge in [0.15, 0.2) is 0 Å². The summed E-state index contributed by atoms with van der Waals surface area (Å²) >= 11 is 4.14. The average molecular weight is 519 g/mol. The fourth-order valence-electron chi connectivity index (χ4n) is 2.35. The molecule has 0 radical (unpaired) electrons. The van der Waals surface area contributed by atoms with E-state index in [2.05, 4.69) is 31.4 Å². The summed E-state index contributed by atoms with van der Waals surface area (Å²) in [6, 6.07) is 16.7. The van der Waals surface area contributed by atoms with Gasteiger partial charge in [-0.25, -0.2) is 8.42 Å². The zero-order chi connectivity index (χ0) is 22.4. The Morgan fingerprint density at radius 3 is 2.61 bits per heavy atom. The monoisotopic (exact) mass is 518 g/mol. The van der Waals surface area contributed by atoms with Crippen molar-refractivity contribution < 1.29 is 17.9 Å². The van der Waals surface area contributed by atoms with Gasteiger partial charge in [0, 0.05) is 6.26 Å². The van der Waals surface area contributed by atoms with Crippen LogP contribution in [0.1, 0.15) is 11.1 Å². The second-order valence-electron chi connectivity index (χ2n) is 6.23. The van der Waals surface area contributed by atoms with Crippen LogP contribution in [0.3, 0.4) is 0 Å². The average Bonchev–Trinajstić information content (AvgIpc) is 3.21. The summed E-state index contributed by atoms with van der Waals surface area (Å²) in [6.45, 7) is 0.401. The number of carbonyl (C=O) groups excluding carboxylic acids is 1. The number of anilines is 1. The van der Waals surface area contributed by atoms with E-state index in [9.17, 15) is 18.5 Å².